The number of carbonyl (C=O) groups excluding carboxylic acids is 2. The van der Waals surface area contributed by atoms with E-state index in [1.54, 1.807) is 11.0 Å². The average Bonchev–Trinajstić information content (AvgIpc) is 3.33. The Morgan fingerprint density at radius 2 is 1.69 bits per heavy atom. The zero-order valence-electron chi connectivity index (χ0n) is 18.3. The Kier molecular flexibility index (Phi) is 7.37. The van der Waals surface area contributed by atoms with E-state index in [0.29, 0.717) is 38.6 Å². The molecule has 1 saturated heterocycles. The first-order chi connectivity index (χ1) is 15.6. The van der Waals surface area contributed by atoms with E-state index < -0.39 is 0 Å². The van der Waals surface area contributed by atoms with E-state index in [-0.39, 0.29) is 23.8 Å². The van der Waals surface area contributed by atoms with Gasteiger partial charge >= 0.3 is 6.03 Å². The SMILES string of the molecule is O=C(NCc1cccc(F)c1)[C@@H](C1CCCC1)N1CCN(C(=O)Nc2ccccc2)CC1. The molecule has 1 heterocycles. The predicted octanol–water partition coefficient (Wildman–Crippen LogP) is 3.85. The van der Waals surface area contributed by atoms with Gasteiger partial charge in [-0.2, -0.15) is 0 Å². The van der Waals surface area contributed by atoms with Crippen LogP contribution < -0.4 is 10.6 Å². The number of halogens is 1. The molecule has 0 radical (unpaired) electrons. The lowest BCUT2D eigenvalue weighted by Gasteiger charge is -2.40. The normalized spacial score (nSPS) is 18.3. The summed E-state index contributed by atoms with van der Waals surface area (Å²) in [6.07, 6.45) is 4.40. The quantitative estimate of drug-likeness (QED) is 0.720. The Hall–Kier alpha value is -2.93. The van der Waals surface area contributed by atoms with Crippen molar-refractivity contribution in [3.63, 3.8) is 0 Å². The molecule has 2 fully saturated rings. The van der Waals surface area contributed by atoms with Crippen LogP contribution in [-0.4, -0.2) is 54.0 Å². The molecule has 32 heavy (non-hydrogen) atoms. The monoisotopic (exact) mass is 438 g/mol. The van der Waals surface area contributed by atoms with Gasteiger partial charge in [0.05, 0.1) is 6.04 Å². The maximum absolute atomic E-state index is 13.5. The molecule has 7 heteroatoms. The summed E-state index contributed by atoms with van der Waals surface area (Å²) in [4.78, 5) is 29.8. The lowest BCUT2D eigenvalue weighted by Crippen LogP contribution is -2.58. The van der Waals surface area contributed by atoms with Crippen LogP contribution in [0, 0.1) is 11.7 Å². The summed E-state index contributed by atoms with van der Waals surface area (Å²) in [6.45, 7) is 2.81. The molecule has 2 aliphatic rings. The van der Waals surface area contributed by atoms with Crippen molar-refractivity contribution in [3.8, 4) is 0 Å². The Morgan fingerprint density at radius 3 is 2.38 bits per heavy atom. The van der Waals surface area contributed by atoms with Crippen molar-refractivity contribution >= 4 is 17.6 Å². The second-order valence-electron chi connectivity index (χ2n) is 8.66. The van der Waals surface area contributed by atoms with Crippen molar-refractivity contribution in [2.75, 3.05) is 31.5 Å². The molecule has 0 unspecified atom stereocenters. The Balaban J connectivity index is 1.35. The van der Waals surface area contributed by atoms with Crippen molar-refractivity contribution in [2.24, 2.45) is 5.92 Å². The first kappa shape index (κ1) is 22.3. The van der Waals surface area contributed by atoms with Crippen LogP contribution in [-0.2, 0) is 11.3 Å². The van der Waals surface area contributed by atoms with Crippen molar-refractivity contribution in [1.29, 1.82) is 0 Å². The van der Waals surface area contributed by atoms with Crippen LogP contribution in [0.4, 0.5) is 14.9 Å². The zero-order chi connectivity index (χ0) is 22.3. The molecule has 3 amide bonds. The molecule has 2 aromatic carbocycles. The number of urea groups is 1. The van der Waals surface area contributed by atoms with E-state index in [1.165, 1.54) is 12.1 Å². The summed E-state index contributed by atoms with van der Waals surface area (Å²) in [5.41, 5.74) is 1.53. The van der Waals surface area contributed by atoms with Crippen LogP contribution in [0.1, 0.15) is 31.2 Å². The third kappa shape index (κ3) is 5.65. The minimum absolute atomic E-state index is 0.00310. The molecule has 1 atom stereocenters. The molecule has 170 valence electrons. The van der Waals surface area contributed by atoms with E-state index in [0.717, 1.165) is 36.9 Å². The highest BCUT2D eigenvalue weighted by Gasteiger charge is 2.37. The molecular formula is C25H31FN4O2. The van der Waals surface area contributed by atoms with Gasteiger partial charge in [-0.1, -0.05) is 43.2 Å². The van der Waals surface area contributed by atoms with Crippen molar-refractivity contribution in [2.45, 2.75) is 38.3 Å². The maximum atomic E-state index is 13.5. The molecule has 0 spiro atoms. The maximum Gasteiger partial charge on any atom is 0.321 e. The number of nitrogens with zero attached hydrogens (tertiary/aromatic N) is 2. The van der Waals surface area contributed by atoms with Crippen LogP contribution in [0.5, 0.6) is 0 Å². The zero-order valence-corrected chi connectivity index (χ0v) is 18.3. The van der Waals surface area contributed by atoms with Crippen LogP contribution >= 0.6 is 0 Å². The van der Waals surface area contributed by atoms with Gasteiger partial charge < -0.3 is 15.5 Å². The minimum Gasteiger partial charge on any atom is -0.351 e. The summed E-state index contributed by atoms with van der Waals surface area (Å²) in [6, 6.07) is 15.5. The van der Waals surface area contributed by atoms with E-state index in [1.807, 2.05) is 36.4 Å². The van der Waals surface area contributed by atoms with Crippen molar-refractivity contribution < 1.29 is 14.0 Å². The molecular weight excluding hydrogens is 407 g/mol. The van der Waals surface area contributed by atoms with Gasteiger partial charge in [-0.05, 0) is 48.6 Å². The van der Waals surface area contributed by atoms with Gasteiger partial charge in [0.1, 0.15) is 5.82 Å². The Bertz CT molecular complexity index is 909. The average molecular weight is 439 g/mol. The number of para-hydroxylation sites is 1. The number of benzene rings is 2. The molecule has 0 bridgehead atoms. The molecule has 6 nitrogen and oxygen atoms in total. The number of nitrogens with one attached hydrogen (secondary N) is 2. The number of piperazine rings is 1. The van der Waals surface area contributed by atoms with Crippen LogP contribution in [0.25, 0.3) is 0 Å². The smallest absolute Gasteiger partial charge is 0.321 e. The number of carbonyl (C=O) groups is 2. The number of amides is 3. The summed E-state index contributed by atoms with van der Waals surface area (Å²) < 4.78 is 13.5. The highest BCUT2D eigenvalue weighted by atomic mass is 19.1. The molecule has 1 aliphatic carbocycles. The van der Waals surface area contributed by atoms with Gasteiger partial charge in [-0.15, -0.1) is 0 Å². The molecule has 1 saturated carbocycles. The molecule has 2 aromatic rings. The summed E-state index contributed by atoms with van der Waals surface area (Å²) in [5, 5.41) is 5.96. The van der Waals surface area contributed by atoms with Crippen LogP contribution in [0.15, 0.2) is 54.6 Å². The van der Waals surface area contributed by atoms with Crippen LogP contribution in [0.2, 0.25) is 0 Å². The second-order valence-corrected chi connectivity index (χ2v) is 8.66. The van der Waals surface area contributed by atoms with E-state index in [2.05, 4.69) is 15.5 Å². The standard InChI is InChI=1S/C25H31FN4O2/c26-21-10-6-7-19(17-21)18-27-24(31)23(20-8-4-5-9-20)29-13-15-30(16-14-29)25(32)28-22-11-2-1-3-12-22/h1-3,6-7,10-12,17,20,23H,4-5,8-9,13-16,18H2,(H,27,31)(H,28,32)/t23-/m1/s1. The highest BCUT2D eigenvalue weighted by Crippen LogP contribution is 2.31. The van der Waals surface area contributed by atoms with Gasteiger partial charge in [0.25, 0.3) is 0 Å². The van der Waals surface area contributed by atoms with Gasteiger partial charge in [0.2, 0.25) is 5.91 Å². The number of hydrogen-bond acceptors (Lipinski definition) is 3. The Labute approximate surface area is 188 Å². The van der Waals surface area contributed by atoms with E-state index in [9.17, 15) is 14.0 Å². The molecule has 1 aliphatic heterocycles. The van der Waals surface area contributed by atoms with Crippen molar-refractivity contribution in [1.82, 2.24) is 15.1 Å². The first-order valence-electron chi connectivity index (χ1n) is 11.5. The third-order valence-electron chi connectivity index (χ3n) is 6.49. The molecule has 2 N–H and O–H groups in total. The summed E-state index contributed by atoms with van der Waals surface area (Å²) in [5.74, 6) is 0.0320. The van der Waals surface area contributed by atoms with Gasteiger partial charge in [0.15, 0.2) is 0 Å². The first-order valence-corrected chi connectivity index (χ1v) is 11.5. The molecule has 4 rings (SSSR count). The van der Waals surface area contributed by atoms with Gasteiger partial charge in [0, 0.05) is 38.4 Å². The second kappa shape index (κ2) is 10.6. The summed E-state index contributed by atoms with van der Waals surface area (Å²) >= 11 is 0. The summed E-state index contributed by atoms with van der Waals surface area (Å²) in [7, 11) is 0. The topological polar surface area (TPSA) is 64.7 Å². The third-order valence-corrected chi connectivity index (χ3v) is 6.49. The lowest BCUT2D eigenvalue weighted by atomic mass is 9.95. The largest absolute Gasteiger partial charge is 0.351 e. The fourth-order valence-electron chi connectivity index (χ4n) is 4.82. The van der Waals surface area contributed by atoms with Crippen molar-refractivity contribution in [3.05, 3.63) is 66.0 Å². The fraction of sp³-hybridized carbons (Fsp3) is 0.440. The number of anilines is 1. The number of rotatable bonds is 6. The Morgan fingerprint density at radius 1 is 0.969 bits per heavy atom. The van der Waals surface area contributed by atoms with E-state index >= 15 is 0 Å². The fourth-order valence-corrected chi connectivity index (χ4v) is 4.82. The van der Waals surface area contributed by atoms with Gasteiger partial charge in [-0.25, -0.2) is 9.18 Å². The van der Waals surface area contributed by atoms with E-state index in [4.69, 9.17) is 0 Å². The van der Waals surface area contributed by atoms with Crippen LogP contribution in [0.3, 0.4) is 0 Å². The van der Waals surface area contributed by atoms with Gasteiger partial charge in [-0.3, -0.25) is 9.69 Å². The number of hydrogen-bond donors (Lipinski definition) is 2. The predicted molar refractivity (Wildman–Crippen MR) is 123 cm³/mol. The lowest BCUT2D eigenvalue weighted by molar-refractivity contribution is -0.129. The minimum atomic E-state index is -0.297. The highest BCUT2D eigenvalue weighted by molar-refractivity contribution is 5.89. The molecule has 0 aromatic heterocycles.